The van der Waals surface area contributed by atoms with Crippen LogP contribution in [0.4, 0.5) is 18.9 Å². The number of aromatic nitrogens is 1. The number of anilines is 1. The van der Waals surface area contributed by atoms with Gasteiger partial charge in [-0.1, -0.05) is 24.3 Å². The molecule has 29 heavy (non-hydrogen) atoms. The second-order valence-electron chi connectivity index (χ2n) is 6.17. The number of alkyl halides is 3. The molecule has 150 valence electrons. The number of benzene rings is 2. The van der Waals surface area contributed by atoms with E-state index in [9.17, 15) is 18.0 Å². The van der Waals surface area contributed by atoms with Crippen molar-refractivity contribution in [3.05, 3.63) is 95.3 Å². The van der Waals surface area contributed by atoms with E-state index in [2.05, 4.69) is 15.8 Å². The van der Waals surface area contributed by atoms with Crippen LogP contribution in [0.5, 0.6) is 0 Å². The van der Waals surface area contributed by atoms with Gasteiger partial charge in [-0.15, -0.1) is 0 Å². The number of hydrogen-bond acceptors (Lipinski definition) is 4. The quantitative estimate of drug-likeness (QED) is 0.569. The Kier molecular flexibility index (Phi) is 6.46. The van der Waals surface area contributed by atoms with E-state index in [0.29, 0.717) is 23.4 Å². The molecule has 2 aromatic carbocycles. The number of nitrogens with zero attached hydrogens (tertiary/aromatic N) is 1. The molecule has 1 amide bonds. The smallest absolute Gasteiger partial charge is 0.380 e. The van der Waals surface area contributed by atoms with Crippen LogP contribution in [-0.2, 0) is 24.2 Å². The fourth-order valence-corrected chi connectivity index (χ4v) is 2.56. The van der Waals surface area contributed by atoms with Crippen LogP contribution < -0.4 is 10.8 Å². The topological polar surface area (TPSA) is 63.2 Å². The van der Waals surface area contributed by atoms with Crippen LogP contribution in [-0.4, -0.2) is 10.9 Å². The summed E-state index contributed by atoms with van der Waals surface area (Å²) in [5.41, 5.74) is 4.10. The average molecular weight is 401 g/mol. The van der Waals surface area contributed by atoms with Gasteiger partial charge in [0.2, 0.25) is 0 Å². The third-order valence-electron chi connectivity index (χ3n) is 4.09. The molecule has 0 unspecified atom stereocenters. The molecule has 0 radical (unpaired) electrons. The summed E-state index contributed by atoms with van der Waals surface area (Å²) in [6.07, 6.45) is -1.02. The van der Waals surface area contributed by atoms with Crippen LogP contribution in [0.2, 0.25) is 0 Å². The summed E-state index contributed by atoms with van der Waals surface area (Å²) < 4.78 is 37.7. The van der Waals surface area contributed by atoms with Crippen LogP contribution in [0.15, 0.2) is 73.1 Å². The summed E-state index contributed by atoms with van der Waals surface area (Å²) in [7, 11) is 0. The molecule has 0 fully saturated rings. The standard InChI is InChI=1S/C21H18F3N3O2/c22-21(23,24)17-7-5-16(6-8-17)14-29-27-20(28)18-3-1-2-4-19(18)26-13-15-9-11-25-12-10-15/h1-12,26H,13-14H2,(H,27,28). The lowest BCUT2D eigenvalue weighted by Gasteiger charge is -2.12. The molecule has 1 heterocycles. The van der Waals surface area contributed by atoms with E-state index < -0.39 is 17.6 Å². The minimum Gasteiger partial charge on any atom is -0.380 e. The molecule has 0 saturated heterocycles. The number of amides is 1. The molecule has 0 aliphatic rings. The third-order valence-corrected chi connectivity index (χ3v) is 4.09. The fraction of sp³-hybridized carbons (Fsp3) is 0.143. The number of hydrogen-bond donors (Lipinski definition) is 2. The molecule has 3 aromatic rings. The molecule has 0 aliphatic heterocycles. The maximum Gasteiger partial charge on any atom is 0.416 e. The summed E-state index contributed by atoms with van der Waals surface area (Å²) in [5, 5.41) is 3.19. The Hall–Kier alpha value is -3.39. The Morgan fingerprint density at radius 3 is 2.31 bits per heavy atom. The first kappa shape index (κ1) is 20.3. The summed E-state index contributed by atoms with van der Waals surface area (Å²) >= 11 is 0. The van der Waals surface area contributed by atoms with Crippen molar-refractivity contribution in [1.29, 1.82) is 0 Å². The van der Waals surface area contributed by atoms with Crippen molar-refractivity contribution in [2.24, 2.45) is 0 Å². The number of para-hydroxylation sites is 1. The van der Waals surface area contributed by atoms with Crippen molar-refractivity contribution in [2.45, 2.75) is 19.3 Å². The predicted molar refractivity (Wildman–Crippen MR) is 102 cm³/mol. The van der Waals surface area contributed by atoms with Gasteiger partial charge in [-0.25, -0.2) is 5.48 Å². The highest BCUT2D eigenvalue weighted by Crippen LogP contribution is 2.29. The lowest BCUT2D eigenvalue weighted by Crippen LogP contribution is -2.24. The van der Waals surface area contributed by atoms with Crippen molar-refractivity contribution in [3.63, 3.8) is 0 Å². The second kappa shape index (κ2) is 9.20. The van der Waals surface area contributed by atoms with Gasteiger partial charge in [0.1, 0.15) is 0 Å². The first-order valence-corrected chi connectivity index (χ1v) is 8.73. The van der Waals surface area contributed by atoms with E-state index in [0.717, 1.165) is 17.7 Å². The second-order valence-corrected chi connectivity index (χ2v) is 6.17. The van der Waals surface area contributed by atoms with Gasteiger partial charge in [0.25, 0.3) is 5.91 Å². The first-order valence-electron chi connectivity index (χ1n) is 8.73. The number of carbonyl (C=O) groups is 1. The zero-order valence-corrected chi connectivity index (χ0v) is 15.2. The Morgan fingerprint density at radius 2 is 1.62 bits per heavy atom. The van der Waals surface area contributed by atoms with Crippen molar-refractivity contribution in [1.82, 2.24) is 10.5 Å². The number of hydroxylamine groups is 1. The molecular formula is C21H18F3N3O2. The average Bonchev–Trinajstić information content (AvgIpc) is 2.73. The molecule has 0 bridgehead atoms. The van der Waals surface area contributed by atoms with Crippen molar-refractivity contribution in [3.8, 4) is 0 Å². The lowest BCUT2D eigenvalue weighted by atomic mass is 10.1. The van der Waals surface area contributed by atoms with Gasteiger partial charge >= 0.3 is 6.18 Å². The Bertz CT molecular complexity index is 945. The lowest BCUT2D eigenvalue weighted by molar-refractivity contribution is -0.137. The van der Waals surface area contributed by atoms with Gasteiger partial charge in [-0.3, -0.25) is 14.6 Å². The monoisotopic (exact) mass is 401 g/mol. The molecule has 0 aliphatic carbocycles. The number of carbonyl (C=O) groups excluding carboxylic acids is 1. The molecule has 0 saturated carbocycles. The number of nitrogens with one attached hydrogen (secondary N) is 2. The van der Waals surface area contributed by atoms with E-state index in [1.54, 1.807) is 36.7 Å². The van der Waals surface area contributed by atoms with Crippen molar-refractivity contribution >= 4 is 11.6 Å². The number of halogens is 3. The molecule has 2 N–H and O–H groups in total. The van der Waals surface area contributed by atoms with Gasteiger partial charge in [0.05, 0.1) is 17.7 Å². The molecule has 0 atom stereocenters. The van der Waals surface area contributed by atoms with E-state index in [4.69, 9.17) is 4.84 Å². The van der Waals surface area contributed by atoms with Crippen LogP contribution in [0.3, 0.4) is 0 Å². The summed E-state index contributed by atoms with van der Waals surface area (Å²) in [4.78, 5) is 21.5. The third kappa shape index (κ3) is 5.79. The van der Waals surface area contributed by atoms with Gasteiger partial charge in [0, 0.05) is 24.6 Å². The zero-order chi connectivity index (χ0) is 20.7. The highest BCUT2D eigenvalue weighted by Gasteiger charge is 2.29. The van der Waals surface area contributed by atoms with Crippen LogP contribution in [0.1, 0.15) is 27.0 Å². The summed E-state index contributed by atoms with van der Waals surface area (Å²) in [6, 6.07) is 15.2. The van der Waals surface area contributed by atoms with E-state index in [1.165, 1.54) is 12.1 Å². The first-order chi connectivity index (χ1) is 13.9. The molecule has 5 nitrogen and oxygen atoms in total. The Balaban J connectivity index is 1.55. The van der Waals surface area contributed by atoms with Crippen LogP contribution >= 0.6 is 0 Å². The molecule has 3 rings (SSSR count). The molecule has 8 heteroatoms. The number of rotatable bonds is 7. The summed E-state index contributed by atoms with van der Waals surface area (Å²) in [6.45, 7) is 0.454. The van der Waals surface area contributed by atoms with Crippen LogP contribution in [0.25, 0.3) is 0 Å². The Labute approximate surface area is 165 Å². The maximum absolute atomic E-state index is 12.6. The number of pyridine rings is 1. The molecular weight excluding hydrogens is 383 g/mol. The largest absolute Gasteiger partial charge is 0.416 e. The normalized spacial score (nSPS) is 11.1. The molecule has 0 spiro atoms. The molecule has 1 aromatic heterocycles. The fourth-order valence-electron chi connectivity index (χ4n) is 2.56. The highest BCUT2D eigenvalue weighted by atomic mass is 19.4. The van der Waals surface area contributed by atoms with Gasteiger partial charge in [-0.05, 0) is 47.5 Å². The maximum atomic E-state index is 12.6. The minimum atomic E-state index is -4.39. The SMILES string of the molecule is O=C(NOCc1ccc(C(F)(F)F)cc1)c1ccccc1NCc1ccncc1. The van der Waals surface area contributed by atoms with E-state index in [1.807, 2.05) is 12.1 Å². The van der Waals surface area contributed by atoms with E-state index >= 15 is 0 Å². The predicted octanol–water partition coefficient (Wildman–Crippen LogP) is 4.57. The van der Waals surface area contributed by atoms with Crippen LogP contribution in [0, 0.1) is 0 Å². The zero-order valence-electron chi connectivity index (χ0n) is 15.2. The van der Waals surface area contributed by atoms with Gasteiger partial charge < -0.3 is 5.32 Å². The summed E-state index contributed by atoms with van der Waals surface area (Å²) in [5.74, 6) is -0.463. The van der Waals surface area contributed by atoms with Gasteiger partial charge in [-0.2, -0.15) is 13.2 Å². The van der Waals surface area contributed by atoms with E-state index in [-0.39, 0.29) is 6.61 Å². The van der Waals surface area contributed by atoms with Crippen molar-refractivity contribution < 1.29 is 22.8 Å². The minimum absolute atomic E-state index is 0.0590. The van der Waals surface area contributed by atoms with Gasteiger partial charge in [0.15, 0.2) is 0 Å². The highest BCUT2D eigenvalue weighted by molar-refractivity contribution is 5.98. The van der Waals surface area contributed by atoms with Crippen molar-refractivity contribution in [2.75, 3.05) is 5.32 Å². The Morgan fingerprint density at radius 1 is 0.931 bits per heavy atom.